The SMILES string of the molecule is CN1CCNC1C1=CCNCC1NC(=O)C1C2=NCC(F)=CN2NC1N. The normalized spacial score (nSPS) is 34.9. The van der Waals surface area contributed by atoms with Crippen molar-refractivity contribution in [3.63, 3.8) is 0 Å². The van der Waals surface area contributed by atoms with E-state index in [1.165, 1.54) is 11.2 Å². The van der Waals surface area contributed by atoms with Gasteiger partial charge in [0.15, 0.2) is 0 Å². The number of nitrogens with two attached hydrogens (primary N) is 1. The summed E-state index contributed by atoms with van der Waals surface area (Å²) in [5, 5.41) is 11.3. The van der Waals surface area contributed by atoms with E-state index in [1.54, 1.807) is 0 Å². The third-order valence-corrected chi connectivity index (χ3v) is 5.22. The number of amides is 1. The van der Waals surface area contributed by atoms with Gasteiger partial charge in [-0.3, -0.25) is 25.0 Å². The minimum absolute atomic E-state index is 0.0586. The second-order valence-corrected chi connectivity index (χ2v) is 7.01. The maximum atomic E-state index is 13.4. The first-order valence-electron chi connectivity index (χ1n) is 8.91. The van der Waals surface area contributed by atoms with Gasteiger partial charge in [0.05, 0.1) is 31.1 Å². The Morgan fingerprint density at radius 2 is 2.35 bits per heavy atom. The molecule has 4 aliphatic rings. The van der Waals surface area contributed by atoms with Crippen molar-refractivity contribution in [2.75, 3.05) is 39.8 Å². The van der Waals surface area contributed by atoms with E-state index in [-0.39, 0.29) is 30.5 Å². The molecule has 0 bridgehead atoms. The molecule has 26 heavy (non-hydrogen) atoms. The molecule has 0 saturated carbocycles. The fourth-order valence-electron chi connectivity index (χ4n) is 3.92. The Kier molecular flexibility index (Phi) is 4.76. The molecule has 0 aromatic heterocycles. The van der Waals surface area contributed by atoms with Crippen molar-refractivity contribution in [3.05, 3.63) is 23.7 Å². The summed E-state index contributed by atoms with van der Waals surface area (Å²) in [7, 11) is 2.07. The summed E-state index contributed by atoms with van der Waals surface area (Å²) in [6.07, 6.45) is 2.90. The molecular formula is C16H25FN8O. The van der Waals surface area contributed by atoms with E-state index in [2.05, 4.69) is 44.4 Å². The maximum absolute atomic E-state index is 13.4. The predicted molar refractivity (Wildman–Crippen MR) is 95.2 cm³/mol. The van der Waals surface area contributed by atoms with E-state index in [0.29, 0.717) is 12.4 Å². The highest BCUT2D eigenvalue weighted by molar-refractivity contribution is 6.05. The van der Waals surface area contributed by atoms with E-state index in [4.69, 9.17) is 5.73 Å². The largest absolute Gasteiger partial charge is 0.347 e. The molecule has 0 aromatic carbocycles. The first-order chi connectivity index (χ1) is 12.5. The second-order valence-electron chi connectivity index (χ2n) is 7.01. The zero-order valence-corrected chi connectivity index (χ0v) is 14.7. The van der Waals surface area contributed by atoms with Gasteiger partial charge in [0, 0.05) is 26.2 Å². The fraction of sp³-hybridized carbons (Fsp3) is 0.625. The van der Waals surface area contributed by atoms with Crippen LogP contribution in [0.4, 0.5) is 4.39 Å². The van der Waals surface area contributed by atoms with E-state index in [0.717, 1.165) is 25.2 Å². The van der Waals surface area contributed by atoms with Gasteiger partial charge >= 0.3 is 0 Å². The number of hydrogen-bond acceptors (Lipinski definition) is 8. The molecular weight excluding hydrogens is 339 g/mol. The molecule has 4 heterocycles. The van der Waals surface area contributed by atoms with E-state index < -0.39 is 12.1 Å². The molecule has 4 unspecified atom stereocenters. The van der Waals surface area contributed by atoms with E-state index in [9.17, 15) is 9.18 Å². The number of likely N-dealkylation sites (N-methyl/N-ethyl adjacent to an activating group) is 1. The summed E-state index contributed by atoms with van der Waals surface area (Å²) in [6, 6.07) is -0.132. The van der Waals surface area contributed by atoms with Crippen LogP contribution in [0.5, 0.6) is 0 Å². The standard InChI is InChI=1S/C16H25FN8O/c1-24-5-4-20-14(24)10-2-3-19-7-11(10)22-16(26)12-13(18)23-25-8-9(17)6-21-15(12)25/h2,8,11-14,19-20,23H,3-7,18H2,1H3,(H,22,26). The van der Waals surface area contributed by atoms with E-state index >= 15 is 0 Å². The Bertz CT molecular complexity index is 677. The van der Waals surface area contributed by atoms with Crippen LogP contribution in [0.2, 0.25) is 0 Å². The molecule has 4 aliphatic heterocycles. The number of hydrazine groups is 1. The highest BCUT2D eigenvalue weighted by Gasteiger charge is 2.43. The molecule has 0 aromatic rings. The Labute approximate surface area is 151 Å². The van der Waals surface area contributed by atoms with Crippen molar-refractivity contribution in [3.8, 4) is 0 Å². The van der Waals surface area contributed by atoms with Gasteiger partial charge in [0.1, 0.15) is 17.6 Å². The van der Waals surface area contributed by atoms with Crippen molar-refractivity contribution in [2.45, 2.75) is 18.4 Å². The minimum atomic E-state index is -0.656. The van der Waals surface area contributed by atoms with Crippen molar-refractivity contribution < 1.29 is 9.18 Å². The molecule has 0 radical (unpaired) electrons. The van der Waals surface area contributed by atoms with Gasteiger partial charge < -0.3 is 16.4 Å². The number of amidine groups is 1. The van der Waals surface area contributed by atoms with Crippen molar-refractivity contribution in [1.29, 1.82) is 0 Å². The van der Waals surface area contributed by atoms with Gasteiger partial charge in [-0.1, -0.05) is 6.08 Å². The number of carbonyl (C=O) groups excluding carboxylic acids is 1. The third kappa shape index (κ3) is 3.14. The lowest BCUT2D eigenvalue weighted by molar-refractivity contribution is -0.123. The lowest BCUT2D eigenvalue weighted by Gasteiger charge is -2.33. The quantitative estimate of drug-likeness (QED) is 0.362. The summed E-state index contributed by atoms with van der Waals surface area (Å²) in [4.78, 5) is 19.4. The summed E-state index contributed by atoms with van der Waals surface area (Å²) in [5.74, 6) is -0.771. The Morgan fingerprint density at radius 1 is 1.50 bits per heavy atom. The van der Waals surface area contributed by atoms with Gasteiger partial charge in [-0.25, -0.2) is 9.82 Å². The topological polar surface area (TPSA) is 110 Å². The summed E-state index contributed by atoms with van der Waals surface area (Å²) < 4.78 is 13.4. The summed E-state index contributed by atoms with van der Waals surface area (Å²) >= 11 is 0. The molecule has 0 aliphatic carbocycles. The molecule has 0 spiro atoms. The number of halogens is 1. The van der Waals surface area contributed by atoms with Crippen LogP contribution in [-0.4, -0.2) is 79.8 Å². The van der Waals surface area contributed by atoms with Crippen LogP contribution in [0.1, 0.15) is 0 Å². The van der Waals surface area contributed by atoms with Crippen LogP contribution >= 0.6 is 0 Å². The van der Waals surface area contributed by atoms with Crippen LogP contribution in [0.15, 0.2) is 28.7 Å². The van der Waals surface area contributed by atoms with Crippen molar-refractivity contribution in [1.82, 2.24) is 31.3 Å². The molecule has 10 heteroatoms. The molecule has 2 saturated heterocycles. The second kappa shape index (κ2) is 7.05. The zero-order valence-electron chi connectivity index (χ0n) is 14.7. The Hall–Kier alpha value is -1.85. The average molecular weight is 364 g/mol. The number of hydrogen-bond donors (Lipinski definition) is 5. The highest BCUT2D eigenvalue weighted by Crippen LogP contribution is 2.22. The highest BCUT2D eigenvalue weighted by atomic mass is 19.1. The predicted octanol–water partition coefficient (Wildman–Crippen LogP) is -2.19. The lowest BCUT2D eigenvalue weighted by Crippen LogP contribution is -2.55. The molecule has 142 valence electrons. The third-order valence-electron chi connectivity index (χ3n) is 5.22. The van der Waals surface area contributed by atoms with Crippen LogP contribution < -0.4 is 27.1 Å². The van der Waals surface area contributed by atoms with Crippen LogP contribution in [0, 0.1) is 5.92 Å². The maximum Gasteiger partial charge on any atom is 0.234 e. The van der Waals surface area contributed by atoms with Gasteiger partial charge in [0.2, 0.25) is 5.91 Å². The lowest BCUT2D eigenvalue weighted by atomic mass is 9.98. The summed E-state index contributed by atoms with van der Waals surface area (Å²) in [6.45, 7) is 3.27. The van der Waals surface area contributed by atoms with Gasteiger partial charge in [-0.15, -0.1) is 0 Å². The number of aliphatic imine (C=N–C) groups is 1. The van der Waals surface area contributed by atoms with Crippen molar-refractivity contribution >= 4 is 11.7 Å². The van der Waals surface area contributed by atoms with Crippen molar-refractivity contribution in [2.24, 2.45) is 16.6 Å². The summed E-state index contributed by atoms with van der Waals surface area (Å²) in [5.41, 5.74) is 10.1. The van der Waals surface area contributed by atoms with Gasteiger partial charge in [-0.2, -0.15) is 0 Å². The number of nitrogens with zero attached hydrogens (tertiary/aromatic N) is 3. The van der Waals surface area contributed by atoms with Crippen LogP contribution in [0.3, 0.4) is 0 Å². The Balaban J connectivity index is 1.49. The number of nitrogens with one attached hydrogen (secondary N) is 4. The van der Waals surface area contributed by atoms with Gasteiger partial charge in [0.25, 0.3) is 0 Å². The van der Waals surface area contributed by atoms with Crippen LogP contribution in [0.25, 0.3) is 0 Å². The molecule has 2 fully saturated rings. The number of rotatable bonds is 3. The van der Waals surface area contributed by atoms with Gasteiger partial charge in [-0.05, 0) is 12.6 Å². The Morgan fingerprint density at radius 3 is 3.12 bits per heavy atom. The monoisotopic (exact) mass is 364 g/mol. The first-order valence-corrected chi connectivity index (χ1v) is 8.91. The average Bonchev–Trinajstić information content (AvgIpc) is 3.17. The molecule has 6 N–H and O–H groups in total. The minimum Gasteiger partial charge on any atom is -0.347 e. The fourth-order valence-corrected chi connectivity index (χ4v) is 3.92. The number of fused-ring (bicyclic) bond motifs is 1. The molecule has 4 rings (SSSR count). The first kappa shape index (κ1) is 17.6. The van der Waals surface area contributed by atoms with Crippen LogP contribution in [-0.2, 0) is 4.79 Å². The molecule has 4 atom stereocenters. The molecule has 9 nitrogen and oxygen atoms in total. The smallest absolute Gasteiger partial charge is 0.234 e. The molecule has 1 amide bonds. The van der Waals surface area contributed by atoms with E-state index in [1.807, 2.05) is 0 Å². The number of carbonyl (C=O) groups is 1. The zero-order chi connectivity index (χ0) is 18.3.